The van der Waals surface area contributed by atoms with Gasteiger partial charge < -0.3 is 14.2 Å². The predicted octanol–water partition coefficient (Wildman–Crippen LogP) is 2.22. The van der Waals surface area contributed by atoms with Crippen molar-refractivity contribution in [3.8, 4) is 0 Å². The van der Waals surface area contributed by atoms with Crippen molar-refractivity contribution in [2.45, 2.75) is 64.4 Å². The summed E-state index contributed by atoms with van der Waals surface area (Å²) in [5, 5.41) is -1.37. The first-order valence-electron chi connectivity index (χ1n) is 9.16. The van der Waals surface area contributed by atoms with Crippen LogP contribution >= 0.6 is 0 Å². The normalized spacial score (nSPS) is 16.4. The van der Waals surface area contributed by atoms with E-state index in [0.29, 0.717) is 12.8 Å². The van der Waals surface area contributed by atoms with Crippen LogP contribution in [0.2, 0.25) is 0 Å². The van der Waals surface area contributed by atoms with Crippen molar-refractivity contribution < 1.29 is 41.6 Å². The largest absolute Gasteiger partial charge is 0.464 e. The Morgan fingerprint density at radius 2 is 1.48 bits per heavy atom. The van der Waals surface area contributed by atoms with Crippen molar-refractivity contribution in [3.05, 3.63) is 25.3 Å². The fourth-order valence-electron chi connectivity index (χ4n) is 2.71. The van der Waals surface area contributed by atoms with Gasteiger partial charge in [0.1, 0.15) is 29.5 Å². The van der Waals surface area contributed by atoms with Gasteiger partial charge in [-0.15, -0.1) is 0 Å². The number of hydrogen-bond acceptors (Lipinski definition) is 8. The summed E-state index contributed by atoms with van der Waals surface area (Å²) in [6.07, 6.45) is 0.942. The molecule has 0 aliphatic rings. The molecule has 0 bridgehead atoms. The van der Waals surface area contributed by atoms with Gasteiger partial charge in [0, 0.05) is 12.2 Å². The maximum atomic E-state index is 13.1. The van der Waals surface area contributed by atoms with Crippen LogP contribution in [-0.2, 0) is 38.7 Å². The topological polar surface area (TPSA) is 133 Å². The summed E-state index contributed by atoms with van der Waals surface area (Å²) in [6, 6.07) is 0. The first-order valence-corrected chi connectivity index (χ1v) is 10.7. The van der Waals surface area contributed by atoms with Crippen molar-refractivity contribution in [1.82, 2.24) is 0 Å². The molecule has 0 aliphatic heterocycles. The van der Waals surface area contributed by atoms with Gasteiger partial charge in [0.15, 0.2) is 0 Å². The Bertz CT molecular complexity index is 683. The fourth-order valence-corrected chi connectivity index (χ4v) is 2.95. The highest BCUT2D eigenvalue weighted by Gasteiger charge is 2.53. The third-order valence-corrected chi connectivity index (χ3v) is 5.80. The molecule has 0 saturated heterocycles. The highest BCUT2D eigenvalue weighted by Crippen LogP contribution is 2.38. The van der Waals surface area contributed by atoms with Crippen LogP contribution in [0.15, 0.2) is 25.3 Å². The monoisotopic (exact) mass is 434 g/mol. The molecule has 0 aliphatic carbocycles. The van der Waals surface area contributed by atoms with Crippen molar-refractivity contribution in [2.75, 3.05) is 6.61 Å². The lowest BCUT2D eigenvalue weighted by atomic mass is 9.73. The predicted molar refractivity (Wildman–Crippen MR) is 105 cm³/mol. The lowest BCUT2D eigenvalue weighted by molar-refractivity contribution is -0.187. The van der Waals surface area contributed by atoms with Gasteiger partial charge in [0.2, 0.25) is 0 Å². The summed E-state index contributed by atoms with van der Waals surface area (Å²) >= 11 is 0. The Balaban J connectivity index is 6.05. The molecule has 0 heterocycles. The van der Waals surface area contributed by atoms with E-state index in [1.165, 1.54) is 20.8 Å². The number of carbonyl (C=O) groups excluding carboxylic acids is 3. The summed E-state index contributed by atoms with van der Waals surface area (Å²) in [6.45, 7) is 11.9. The molecule has 166 valence electrons. The fraction of sp³-hybridized carbons (Fsp3) is 0.632. The second-order valence-corrected chi connectivity index (χ2v) is 8.47. The Morgan fingerprint density at radius 3 is 1.83 bits per heavy atom. The summed E-state index contributed by atoms with van der Waals surface area (Å²) in [5.74, 6) is -2.50. The number of esters is 3. The average Bonchev–Trinajstić information content (AvgIpc) is 2.65. The lowest BCUT2D eigenvalue weighted by Crippen LogP contribution is -2.53. The van der Waals surface area contributed by atoms with E-state index >= 15 is 0 Å². The molecule has 0 aromatic heterocycles. The molecule has 0 radical (unpaired) electrons. The van der Waals surface area contributed by atoms with Crippen molar-refractivity contribution >= 4 is 28.0 Å². The molecule has 0 spiro atoms. The Hall–Kier alpha value is -2.20. The molecule has 0 fully saturated rings. The van der Waals surface area contributed by atoms with E-state index in [2.05, 4.69) is 13.2 Å². The van der Waals surface area contributed by atoms with Crippen molar-refractivity contribution in [1.29, 1.82) is 0 Å². The maximum absolute atomic E-state index is 13.1. The van der Waals surface area contributed by atoms with Crippen LogP contribution in [0, 0.1) is 5.41 Å². The average molecular weight is 435 g/mol. The molecule has 3 unspecified atom stereocenters. The van der Waals surface area contributed by atoms with Gasteiger partial charge in [-0.3, -0.25) is 9.35 Å². The highest BCUT2D eigenvalue weighted by molar-refractivity contribution is 7.86. The van der Waals surface area contributed by atoms with Gasteiger partial charge in [-0.1, -0.05) is 32.9 Å². The molecule has 0 aromatic carbocycles. The second-order valence-electron chi connectivity index (χ2n) is 6.63. The van der Waals surface area contributed by atoms with E-state index in [4.69, 9.17) is 18.8 Å². The molecular formula is C19H30O9S. The van der Waals surface area contributed by atoms with Gasteiger partial charge in [-0.05, 0) is 27.2 Å². The minimum absolute atomic E-state index is 0.125. The molecular weight excluding hydrogens is 404 g/mol. The van der Waals surface area contributed by atoms with Crippen LogP contribution in [0.3, 0.4) is 0 Å². The van der Waals surface area contributed by atoms with Gasteiger partial charge >= 0.3 is 17.9 Å². The van der Waals surface area contributed by atoms with Gasteiger partial charge in [-0.25, -0.2) is 9.59 Å². The van der Waals surface area contributed by atoms with E-state index in [1.54, 1.807) is 0 Å². The van der Waals surface area contributed by atoms with Crippen molar-refractivity contribution in [2.24, 2.45) is 5.41 Å². The maximum Gasteiger partial charge on any atom is 0.330 e. The van der Waals surface area contributed by atoms with E-state index in [-0.39, 0.29) is 6.42 Å². The first-order chi connectivity index (χ1) is 13.4. The first kappa shape index (κ1) is 26.8. The van der Waals surface area contributed by atoms with Crippen LogP contribution in [-0.4, -0.2) is 54.9 Å². The van der Waals surface area contributed by atoms with Crippen LogP contribution in [0.5, 0.6) is 0 Å². The molecule has 29 heavy (non-hydrogen) atoms. The summed E-state index contributed by atoms with van der Waals surface area (Å²) in [7, 11) is -4.42. The smallest absolute Gasteiger partial charge is 0.330 e. The number of unbranched alkanes of at least 4 members (excludes halogenated alkanes) is 1. The number of hydrogen-bond donors (Lipinski definition) is 1. The molecule has 9 nitrogen and oxygen atoms in total. The van der Waals surface area contributed by atoms with E-state index < -0.39 is 57.5 Å². The van der Waals surface area contributed by atoms with Gasteiger partial charge in [-0.2, -0.15) is 8.42 Å². The molecule has 1 N–H and O–H groups in total. The lowest BCUT2D eigenvalue weighted by Gasteiger charge is -2.40. The van der Waals surface area contributed by atoms with Crippen molar-refractivity contribution in [3.63, 3.8) is 0 Å². The highest BCUT2D eigenvalue weighted by atomic mass is 32.2. The molecule has 10 heteroatoms. The minimum atomic E-state index is -4.42. The molecule has 0 rings (SSSR count). The number of ether oxygens (including phenoxy) is 3. The molecule has 0 amide bonds. The quantitative estimate of drug-likeness (QED) is 0.200. The SMILES string of the molecule is C=CC(=O)OC(C)C(CCCC)(C(=O)OCC(C)S(=O)(=O)O)C(C)OC(=O)C=C. The number of carbonyl (C=O) groups is 3. The van der Waals surface area contributed by atoms with E-state index in [1.807, 2.05) is 6.92 Å². The van der Waals surface area contributed by atoms with Crippen LogP contribution in [0.25, 0.3) is 0 Å². The van der Waals surface area contributed by atoms with Gasteiger partial charge in [0.25, 0.3) is 10.1 Å². The standard InChI is InChI=1S/C19H30O9S/c1-7-10-11-19(14(5)27-16(20)8-2,15(6)28-17(21)9-3)18(22)26-12-13(4)29(23,24)25/h8-9,13-15H,2-3,7,10-12H2,1,4-6H3,(H,23,24,25). The molecule has 3 atom stereocenters. The van der Waals surface area contributed by atoms with Crippen LogP contribution < -0.4 is 0 Å². The minimum Gasteiger partial charge on any atom is -0.464 e. The Kier molecular flexibility index (Phi) is 10.8. The van der Waals surface area contributed by atoms with E-state index in [0.717, 1.165) is 12.2 Å². The summed E-state index contributed by atoms with van der Waals surface area (Å²) in [4.78, 5) is 36.6. The Labute approximate surface area is 171 Å². The third kappa shape index (κ3) is 7.62. The zero-order chi connectivity index (χ0) is 22.8. The number of rotatable bonds is 13. The van der Waals surface area contributed by atoms with E-state index in [9.17, 15) is 22.8 Å². The van der Waals surface area contributed by atoms with Crippen LogP contribution in [0.1, 0.15) is 47.0 Å². The summed E-state index contributed by atoms with van der Waals surface area (Å²) < 4.78 is 47.1. The zero-order valence-corrected chi connectivity index (χ0v) is 18.1. The zero-order valence-electron chi connectivity index (χ0n) is 17.3. The Morgan fingerprint density at radius 1 is 1.03 bits per heavy atom. The van der Waals surface area contributed by atoms with Gasteiger partial charge in [0.05, 0.1) is 0 Å². The molecule has 0 aromatic rings. The summed E-state index contributed by atoms with van der Waals surface area (Å²) in [5.41, 5.74) is -1.62. The third-order valence-electron chi connectivity index (χ3n) is 4.65. The molecule has 0 saturated carbocycles. The van der Waals surface area contributed by atoms with Crippen LogP contribution in [0.4, 0.5) is 0 Å². The second kappa shape index (κ2) is 11.7.